The van der Waals surface area contributed by atoms with Crippen molar-refractivity contribution < 1.29 is 28.2 Å². The largest absolute Gasteiger partial charge is 0.460 e. The van der Waals surface area contributed by atoms with Crippen molar-refractivity contribution in [1.82, 2.24) is 0 Å². The Kier molecular flexibility index (Phi) is 10.6. The number of carbonyl (C=O) groups is 1. The van der Waals surface area contributed by atoms with Gasteiger partial charge in [0.2, 0.25) is 0 Å². The van der Waals surface area contributed by atoms with E-state index in [4.69, 9.17) is 23.4 Å². The molecule has 6 nitrogen and oxygen atoms in total. The summed E-state index contributed by atoms with van der Waals surface area (Å²) in [4.78, 5) is 12.6. The number of hydrogen-bond donors (Lipinski definition) is 0. The van der Waals surface area contributed by atoms with Gasteiger partial charge in [-0.2, -0.15) is 0 Å². The van der Waals surface area contributed by atoms with Gasteiger partial charge in [0, 0.05) is 13.2 Å². The lowest BCUT2D eigenvalue weighted by atomic mass is 10.1. The van der Waals surface area contributed by atoms with E-state index in [2.05, 4.69) is 81.4 Å². The second-order valence-electron chi connectivity index (χ2n) is 12.8. The molecule has 0 N–H and O–H groups in total. The molecular formula is C32H48O6Si. The van der Waals surface area contributed by atoms with E-state index >= 15 is 0 Å². The highest BCUT2D eigenvalue weighted by Crippen LogP contribution is 2.37. The summed E-state index contributed by atoms with van der Waals surface area (Å²) in [6, 6.07) is 21.4. The number of benzene rings is 2. The van der Waals surface area contributed by atoms with Crippen LogP contribution in [-0.2, 0) is 28.2 Å². The van der Waals surface area contributed by atoms with Gasteiger partial charge in [-0.3, -0.25) is 4.79 Å². The molecule has 0 amide bonds. The summed E-state index contributed by atoms with van der Waals surface area (Å²) < 4.78 is 30.5. The summed E-state index contributed by atoms with van der Waals surface area (Å²) in [6.07, 6.45) is 1.02. The predicted molar refractivity (Wildman–Crippen MR) is 158 cm³/mol. The minimum Gasteiger partial charge on any atom is -0.460 e. The third-order valence-corrected chi connectivity index (χ3v) is 11.9. The maximum atomic E-state index is 12.6. The monoisotopic (exact) mass is 556 g/mol. The molecule has 1 heterocycles. The molecule has 216 valence electrons. The van der Waals surface area contributed by atoms with Gasteiger partial charge >= 0.3 is 5.97 Å². The molecule has 7 heteroatoms. The van der Waals surface area contributed by atoms with Gasteiger partial charge in [0.05, 0.1) is 19.1 Å². The van der Waals surface area contributed by atoms with E-state index in [1.165, 1.54) is 10.4 Å². The number of ether oxygens (including phenoxy) is 4. The van der Waals surface area contributed by atoms with E-state index in [9.17, 15) is 4.79 Å². The van der Waals surface area contributed by atoms with Crippen molar-refractivity contribution in [3.8, 4) is 0 Å². The van der Waals surface area contributed by atoms with Crippen LogP contribution in [0, 0.1) is 0 Å². The molecule has 0 aliphatic carbocycles. The van der Waals surface area contributed by atoms with Crippen LogP contribution in [0.3, 0.4) is 0 Å². The van der Waals surface area contributed by atoms with E-state index < -0.39 is 25.8 Å². The lowest BCUT2D eigenvalue weighted by molar-refractivity contribution is -0.171. The Morgan fingerprint density at radius 1 is 0.923 bits per heavy atom. The quantitative estimate of drug-likeness (QED) is 0.192. The smallest absolute Gasteiger partial charge is 0.309 e. The fourth-order valence-corrected chi connectivity index (χ4v) is 9.78. The Balaban J connectivity index is 1.64. The van der Waals surface area contributed by atoms with Crippen LogP contribution in [0.4, 0.5) is 0 Å². The van der Waals surface area contributed by atoms with Gasteiger partial charge in [0.15, 0.2) is 5.79 Å². The Morgan fingerprint density at radius 2 is 1.46 bits per heavy atom. The van der Waals surface area contributed by atoms with Crippen molar-refractivity contribution in [2.45, 2.75) is 103 Å². The third kappa shape index (κ3) is 8.72. The van der Waals surface area contributed by atoms with Crippen molar-refractivity contribution >= 4 is 24.7 Å². The minimum absolute atomic E-state index is 0.0582. The summed E-state index contributed by atoms with van der Waals surface area (Å²) in [5.74, 6) is -0.986. The van der Waals surface area contributed by atoms with Gasteiger partial charge in [0.25, 0.3) is 8.32 Å². The van der Waals surface area contributed by atoms with Crippen LogP contribution in [-0.4, -0.2) is 57.7 Å². The molecule has 39 heavy (non-hydrogen) atoms. The van der Waals surface area contributed by atoms with Gasteiger partial charge < -0.3 is 23.4 Å². The van der Waals surface area contributed by atoms with Gasteiger partial charge in [-0.15, -0.1) is 0 Å². The van der Waals surface area contributed by atoms with Gasteiger partial charge in [-0.1, -0.05) is 81.4 Å². The molecule has 1 fully saturated rings. The van der Waals surface area contributed by atoms with Crippen molar-refractivity contribution in [1.29, 1.82) is 0 Å². The molecule has 1 saturated heterocycles. The number of carbonyl (C=O) groups excluding carboxylic acids is 1. The molecule has 3 rings (SSSR count). The molecule has 1 aliphatic heterocycles. The van der Waals surface area contributed by atoms with Crippen LogP contribution >= 0.6 is 0 Å². The average molecular weight is 557 g/mol. The van der Waals surface area contributed by atoms with Crippen LogP contribution in [0.1, 0.15) is 74.7 Å². The molecule has 0 spiro atoms. The number of rotatable bonds is 12. The zero-order valence-corrected chi connectivity index (χ0v) is 26.1. The zero-order valence-electron chi connectivity index (χ0n) is 25.1. The van der Waals surface area contributed by atoms with E-state index in [-0.39, 0.29) is 23.5 Å². The maximum absolute atomic E-state index is 12.6. The zero-order chi connectivity index (χ0) is 28.7. The van der Waals surface area contributed by atoms with E-state index in [0.29, 0.717) is 19.8 Å². The summed E-state index contributed by atoms with van der Waals surface area (Å²) in [6.45, 7) is 17.7. The first kappa shape index (κ1) is 31.5. The Morgan fingerprint density at radius 3 is 1.92 bits per heavy atom. The highest BCUT2D eigenvalue weighted by atomic mass is 28.4. The summed E-state index contributed by atoms with van der Waals surface area (Å²) >= 11 is 0. The number of unbranched alkanes of at least 4 members (excludes halogenated alkanes) is 1. The standard InChI is InChI=1S/C32H48O6Si/c1-30(2,3)38-29(33)23-27(28-24-35-32(7,8)37-28)34-21-15-16-22-36-39(31(4,5)6,25-17-11-9-12-18-25)26-19-13-10-14-20-26/h9-14,17-20,27-28H,15-16,21-24H2,1-8H3/t27-,28+/m0/s1. The highest BCUT2D eigenvalue weighted by Gasteiger charge is 2.50. The summed E-state index contributed by atoms with van der Waals surface area (Å²) in [7, 11) is -2.55. The van der Waals surface area contributed by atoms with Gasteiger partial charge in [-0.05, 0) is 62.9 Å². The minimum atomic E-state index is -2.55. The average Bonchev–Trinajstić information content (AvgIpc) is 3.21. The molecule has 2 aromatic carbocycles. The van der Waals surface area contributed by atoms with E-state index in [1.54, 1.807) is 0 Å². The SMILES string of the molecule is CC(C)(C)OC(=O)C[C@H](OCCCCO[Si](c1ccccc1)(c1ccccc1)C(C)(C)C)[C@H]1COC(C)(C)O1. The van der Waals surface area contributed by atoms with Gasteiger partial charge in [-0.25, -0.2) is 0 Å². The van der Waals surface area contributed by atoms with Crippen LogP contribution in [0.2, 0.25) is 5.04 Å². The normalized spacial score (nSPS) is 18.6. The number of esters is 1. The second kappa shape index (κ2) is 13.1. The van der Waals surface area contributed by atoms with E-state index in [1.807, 2.05) is 34.6 Å². The molecule has 0 saturated carbocycles. The Labute approximate surface area is 236 Å². The van der Waals surface area contributed by atoms with Crippen molar-refractivity contribution in [2.24, 2.45) is 0 Å². The number of hydrogen-bond acceptors (Lipinski definition) is 6. The lowest BCUT2D eigenvalue weighted by Crippen LogP contribution is -2.66. The predicted octanol–water partition coefficient (Wildman–Crippen LogP) is 5.61. The van der Waals surface area contributed by atoms with Gasteiger partial charge in [0.1, 0.15) is 11.7 Å². The third-order valence-electron chi connectivity index (χ3n) is 6.84. The summed E-state index contributed by atoms with van der Waals surface area (Å²) in [5, 5.41) is 2.49. The topological polar surface area (TPSA) is 63.2 Å². The first-order valence-corrected chi connectivity index (χ1v) is 16.0. The van der Waals surface area contributed by atoms with Crippen LogP contribution in [0.25, 0.3) is 0 Å². The van der Waals surface area contributed by atoms with E-state index in [0.717, 1.165) is 12.8 Å². The second-order valence-corrected chi connectivity index (χ2v) is 17.1. The molecule has 2 atom stereocenters. The van der Waals surface area contributed by atoms with Crippen LogP contribution in [0.15, 0.2) is 60.7 Å². The van der Waals surface area contributed by atoms with Crippen molar-refractivity contribution in [3.63, 3.8) is 0 Å². The summed E-state index contributed by atoms with van der Waals surface area (Å²) in [5.41, 5.74) is -0.549. The fourth-order valence-electron chi connectivity index (χ4n) is 5.17. The molecular weight excluding hydrogens is 508 g/mol. The Bertz CT molecular complexity index is 987. The first-order valence-electron chi connectivity index (χ1n) is 14.1. The highest BCUT2D eigenvalue weighted by molar-refractivity contribution is 6.99. The molecule has 0 radical (unpaired) electrons. The molecule has 1 aliphatic rings. The molecule has 0 unspecified atom stereocenters. The lowest BCUT2D eigenvalue weighted by Gasteiger charge is -2.43. The first-order chi connectivity index (χ1) is 18.2. The Hall–Kier alpha value is -2.03. The van der Waals surface area contributed by atoms with Crippen LogP contribution < -0.4 is 10.4 Å². The maximum Gasteiger partial charge on any atom is 0.309 e. The van der Waals surface area contributed by atoms with Crippen molar-refractivity contribution in [2.75, 3.05) is 19.8 Å². The molecule has 2 aromatic rings. The van der Waals surface area contributed by atoms with Crippen LogP contribution in [0.5, 0.6) is 0 Å². The van der Waals surface area contributed by atoms with Crippen molar-refractivity contribution in [3.05, 3.63) is 60.7 Å². The fraction of sp³-hybridized carbons (Fsp3) is 0.594. The molecule has 0 aromatic heterocycles. The molecule has 0 bridgehead atoms.